The average Bonchev–Trinajstić information content (AvgIpc) is 2.97. The SMILES string of the molecule is O=C(NCC1CCCO1)c1cccc2c1NCCC2. The van der Waals surface area contributed by atoms with Gasteiger partial charge in [-0.3, -0.25) is 4.79 Å². The predicted octanol–water partition coefficient (Wildman–Crippen LogP) is 1.95. The van der Waals surface area contributed by atoms with Crippen LogP contribution < -0.4 is 10.6 Å². The van der Waals surface area contributed by atoms with Crippen molar-refractivity contribution in [1.82, 2.24) is 5.32 Å². The molecule has 3 rings (SSSR count). The van der Waals surface area contributed by atoms with E-state index < -0.39 is 0 Å². The molecule has 0 spiro atoms. The molecule has 0 bridgehead atoms. The minimum absolute atomic E-state index is 0.00162. The average molecular weight is 260 g/mol. The molecule has 1 fully saturated rings. The third-order valence-corrected chi connectivity index (χ3v) is 3.83. The largest absolute Gasteiger partial charge is 0.384 e. The summed E-state index contributed by atoms with van der Waals surface area (Å²) < 4.78 is 5.52. The third-order valence-electron chi connectivity index (χ3n) is 3.83. The number of ether oxygens (including phenoxy) is 1. The molecule has 0 aliphatic carbocycles. The maximum atomic E-state index is 12.3. The molecule has 1 aromatic rings. The van der Waals surface area contributed by atoms with Gasteiger partial charge in [0.05, 0.1) is 17.4 Å². The molecule has 2 heterocycles. The lowest BCUT2D eigenvalue weighted by Gasteiger charge is -2.21. The number of anilines is 1. The van der Waals surface area contributed by atoms with Crippen molar-refractivity contribution in [2.45, 2.75) is 31.8 Å². The number of carbonyl (C=O) groups excluding carboxylic acids is 1. The number of amides is 1. The first-order chi connectivity index (χ1) is 9.34. The normalized spacial score (nSPS) is 21.6. The first-order valence-electron chi connectivity index (χ1n) is 7.10. The Morgan fingerprint density at radius 2 is 2.37 bits per heavy atom. The topological polar surface area (TPSA) is 50.4 Å². The number of para-hydroxylation sites is 1. The van der Waals surface area contributed by atoms with E-state index in [0.29, 0.717) is 6.54 Å². The maximum absolute atomic E-state index is 12.3. The molecule has 1 amide bonds. The number of fused-ring (bicyclic) bond motifs is 1. The second-order valence-corrected chi connectivity index (χ2v) is 5.22. The third kappa shape index (κ3) is 2.73. The fourth-order valence-corrected chi connectivity index (χ4v) is 2.81. The summed E-state index contributed by atoms with van der Waals surface area (Å²) in [6, 6.07) is 5.95. The van der Waals surface area contributed by atoms with Gasteiger partial charge in [-0.05, 0) is 37.3 Å². The van der Waals surface area contributed by atoms with Crippen LogP contribution in [0.25, 0.3) is 0 Å². The molecule has 2 N–H and O–H groups in total. The Bertz CT molecular complexity index is 467. The molecule has 1 saturated heterocycles. The van der Waals surface area contributed by atoms with E-state index in [4.69, 9.17) is 4.74 Å². The van der Waals surface area contributed by atoms with Crippen molar-refractivity contribution >= 4 is 11.6 Å². The van der Waals surface area contributed by atoms with E-state index in [1.807, 2.05) is 12.1 Å². The van der Waals surface area contributed by atoms with Crippen molar-refractivity contribution in [2.75, 3.05) is 25.0 Å². The number of nitrogens with one attached hydrogen (secondary N) is 2. The van der Waals surface area contributed by atoms with Crippen LogP contribution >= 0.6 is 0 Å². The second kappa shape index (κ2) is 5.61. The highest BCUT2D eigenvalue weighted by atomic mass is 16.5. The van der Waals surface area contributed by atoms with Gasteiger partial charge >= 0.3 is 0 Å². The van der Waals surface area contributed by atoms with Gasteiger partial charge in [0.25, 0.3) is 5.91 Å². The Morgan fingerprint density at radius 1 is 1.42 bits per heavy atom. The Labute approximate surface area is 113 Å². The van der Waals surface area contributed by atoms with Crippen LogP contribution in [-0.4, -0.2) is 31.7 Å². The number of hydrogen-bond acceptors (Lipinski definition) is 3. The predicted molar refractivity (Wildman–Crippen MR) is 74.6 cm³/mol. The highest BCUT2D eigenvalue weighted by molar-refractivity contribution is 6.00. The van der Waals surface area contributed by atoms with Crippen LogP contribution in [0.4, 0.5) is 5.69 Å². The van der Waals surface area contributed by atoms with Gasteiger partial charge in [-0.25, -0.2) is 0 Å². The molecular weight excluding hydrogens is 240 g/mol. The summed E-state index contributed by atoms with van der Waals surface area (Å²) in [5.74, 6) is 0.00162. The van der Waals surface area contributed by atoms with Crippen molar-refractivity contribution in [3.05, 3.63) is 29.3 Å². The Hall–Kier alpha value is -1.55. The highest BCUT2D eigenvalue weighted by Crippen LogP contribution is 2.26. The van der Waals surface area contributed by atoms with Gasteiger partial charge in [-0.2, -0.15) is 0 Å². The molecule has 1 unspecified atom stereocenters. The molecule has 2 aliphatic heterocycles. The molecule has 4 nitrogen and oxygen atoms in total. The van der Waals surface area contributed by atoms with Crippen LogP contribution in [0, 0.1) is 0 Å². The summed E-state index contributed by atoms with van der Waals surface area (Å²) in [5.41, 5.74) is 3.02. The minimum atomic E-state index is 0.00162. The first-order valence-corrected chi connectivity index (χ1v) is 7.10. The molecule has 2 aliphatic rings. The number of benzene rings is 1. The monoisotopic (exact) mass is 260 g/mol. The Balaban J connectivity index is 1.68. The van der Waals surface area contributed by atoms with E-state index in [1.165, 1.54) is 5.56 Å². The van der Waals surface area contributed by atoms with Gasteiger partial charge in [-0.15, -0.1) is 0 Å². The lowest BCUT2D eigenvalue weighted by molar-refractivity contribution is 0.0858. The van der Waals surface area contributed by atoms with Crippen LogP contribution in [0.15, 0.2) is 18.2 Å². The van der Waals surface area contributed by atoms with Crippen molar-refractivity contribution in [3.8, 4) is 0 Å². The Kier molecular flexibility index (Phi) is 3.69. The van der Waals surface area contributed by atoms with Gasteiger partial charge in [0.15, 0.2) is 0 Å². The molecule has 1 atom stereocenters. The molecule has 4 heteroatoms. The van der Waals surface area contributed by atoms with Gasteiger partial charge in [0.2, 0.25) is 0 Å². The number of hydrogen-bond donors (Lipinski definition) is 2. The van der Waals surface area contributed by atoms with E-state index in [9.17, 15) is 4.79 Å². The van der Waals surface area contributed by atoms with Gasteiger partial charge in [0.1, 0.15) is 0 Å². The molecule has 0 radical (unpaired) electrons. The number of carbonyl (C=O) groups is 1. The second-order valence-electron chi connectivity index (χ2n) is 5.22. The summed E-state index contributed by atoms with van der Waals surface area (Å²) in [6.07, 6.45) is 4.52. The highest BCUT2D eigenvalue weighted by Gasteiger charge is 2.20. The standard InChI is InChI=1S/C15H20N2O2/c18-15(17-10-12-6-3-9-19-12)13-7-1-4-11-5-2-8-16-14(11)13/h1,4,7,12,16H,2-3,5-6,8-10H2,(H,17,18). The quantitative estimate of drug-likeness (QED) is 0.873. The number of rotatable bonds is 3. The van der Waals surface area contributed by atoms with Crippen molar-refractivity contribution in [1.29, 1.82) is 0 Å². The smallest absolute Gasteiger partial charge is 0.253 e. The fourth-order valence-electron chi connectivity index (χ4n) is 2.81. The zero-order valence-corrected chi connectivity index (χ0v) is 11.1. The van der Waals surface area contributed by atoms with E-state index in [0.717, 1.165) is 50.1 Å². The van der Waals surface area contributed by atoms with Gasteiger partial charge < -0.3 is 15.4 Å². The van der Waals surface area contributed by atoms with Crippen LogP contribution in [0.3, 0.4) is 0 Å². The Morgan fingerprint density at radius 3 is 3.21 bits per heavy atom. The van der Waals surface area contributed by atoms with Crippen LogP contribution in [0.2, 0.25) is 0 Å². The molecule has 19 heavy (non-hydrogen) atoms. The van der Waals surface area contributed by atoms with Crippen molar-refractivity contribution < 1.29 is 9.53 Å². The van der Waals surface area contributed by atoms with Crippen LogP contribution in [0.1, 0.15) is 35.2 Å². The first kappa shape index (κ1) is 12.5. The fraction of sp³-hybridized carbons (Fsp3) is 0.533. The molecule has 0 aromatic heterocycles. The number of aryl methyl sites for hydroxylation is 1. The lowest BCUT2D eigenvalue weighted by atomic mass is 9.99. The summed E-state index contributed by atoms with van der Waals surface area (Å²) in [7, 11) is 0. The van der Waals surface area contributed by atoms with Crippen LogP contribution in [-0.2, 0) is 11.2 Å². The summed E-state index contributed by atoms with van der Waals surface area (Å²) in [5, 5.41) is 6.34. The minimum Gasteiger partial charge on any atom is -0.384 e. The summed E-state index contributed by atoms with van der Waals surface area (Å²) in [4.78, 5) is 12.3. The van der Waals surface area contributed by atoms with Crippen molar-refractivity contribution in [2.24, 2.45) is 0 Å². The molecule has 102 valence electrons. The summed E-state index contributed by atoms with van der Waals surface area (Å²) in [6.45, 7) is 2.38. The van der Waals surface area contributed by atoms with Gasteiger partial charge in [0, 0.05) is 19.7 Å². The zero-order chi connectivity index (χ0) is 13.1. The van der Waals surface area contributed by atoms with Crippen LogP contribution in [0.5, 0.6) is 0 Å². The lowest BCUT2D eigenvalue weighted by Crippen LogP contribution is -2.32. The summed E-state index contributed by atoms with van der Waals surface area (Å²) >= 11 is 0. The van der Waals surface area contributed by atoms with E-state index in [1.54, 1.807) is 0 Å². The molecule has 1 aromatic carbocycles. The van der Waals surface area contributed by atoms with Gasteiger partial charge in [-0.1, -0.05) is 12.1 Å². The zero-order valence-electron chi connectivity index (χ0n) is 11.1. The molecular formula is C15H20N2O2. The van der Waals surface area contributed by atoms with E-state index in [2.05, 4.69) is 16.7 Å². The van der Waals surface area contributed by atoms with E-state index in [-0.39, 0.29) is 12.0 Å². The molecule has 0 saturated carbocycles. The van der Waals surface area contributed by atoms with E-state index >= 15 is 0 Å². The van der Waals surface area contributed by atoms with Crippen molar-refractivity contribution in [3.63, 3.8) is 0 Å². The maximum Gasteiger partial charge on any atom is 0.253 e.